The second kappa shape index (κ2) is 8.63. The second-order valence-corrected chi connectivity index (χ2v) is 9.79. The van der Waals surface area contributed by atoms with Gasteiger partial charge < -0.3 is 9.42 Å². The molecule has 1 fully saturated rings. The normalized spacial score (nSPS) is 15.3. The molecule has 1 aliphatic heterocycles. The molecule has 0 unspecified atom stereocenters. The van der Waals surface area contributed by atoms with Gasteiger partial charge in [-0.1, -0.05) is 58.7 Å². The Morgan fingerprint density at radius 1 is 0.968 bits per heavy atom. The molecule has 0 N–H and O–H groups in total. The molecule has 2 aromatic carbocycles. The van der Waals surface area contributed by atoms with E-state index >= 15 is 0 Å². The van der Waals surface area contributed by atoms with Gasteiger partial charge in [0.05, 0.1) is 10.0 Å². The van der Waals surface area contributed by atoms with Crippen LogP contribution in [0, 0.1) is 6.92 Å². The summed E-state index contributed by atoms with van der Waals surface area (Å²) >= 11 is 12.4. The molecule has 1 aliphatic rings. The molecule has 3 aromatic rings. The van der Waals surface area contributed by atoms with Gasteiger partial charge in [-0.25, -0.2) is 8.42 Å². The van der Waals surface area contributed by atoms with Gasteiger partial charge in [-0.3, -0.25) is 4.79 Å². The predicted molar refractivity (Wildman–Crippen MR) is 118 cm³/mol. The molecule has 0 atom stereocenters. The molecule has 31 heavy (non-hydrogen) atoms. The fourth-order valence-electron chi connectivity index (χ4n) is 3.54. The minimum atomic E-state index is -3.75. The van der Waals surface area contributed by atoms with E-state index < -0.39 is 10.0 Å². The molecule has 0 bridgehead atoms. The first kappa shape index (κ1) is 21.8. The van der Waals surface area contributed by atoms with E-state index in [1.807, 2.05) is 0 Å². The summed E-state index contributed by atoms with van der Waals surface area (Å²) in [6.45, 7) is 2.44. The number of aryl methyl sites for hydroxylation is 1. The van der Waals surface area contributed by atoms with Gasteiger partial charge in [0.25, 0.3) is 5.91 Å². The number of sulfonamides is 1. The lowest BCUT2D eigenvalue weighted by Gasteiger charge is -2.34. The zero-order valence-corrected chi connectivity index (χ0v) is 18.9. The number of aromatic nitrogens is 1. The zero-order valence-electron chi connectivity index (χ0n) is 16.6. The third kappa shape index (κ3) is 4.08. The fraction of sp³-hybridized carbons (Fsp3) is 0.238. The molecule has 0 aliphatic carbocycles. The van der Waals surface area contributed by atoms with Crippen LogP contribution in [0.5, 0.6) is 0 Å². The highest BCUT2D eigenvalue weighted by Crippen LogP contribution is 2.32. The van der Waals surface area contributed by atoms with Gasteiger partial charge in [-0.05, 0) is 25.1 Å². The molecule has 0 spiro atoms. The van der Waals surface area contributed by atoms with Gasteiger partial charge in [-0.2, -0.15) is 4.31 Å². The molecule has 162 valence electrons. The van der Waals surface area contributed by atoms with Crippen LogP contribution in [0.1, 0.15) is 16.1 Å². The van der Waals surface area contributed by atoms with Crippen molar-refractivity contribution in [3.8, 4) is 11.3 Å². The molecule has 0 radical (unpaired) electrons. The van der Waals surface area contributed by atoms with Crippen molar-refractivity contribution in [2.24, 2.45) is 0 Å². The summed E-state index contributed by atoms with van der Waals surface area (Å²) in [6, 6.07) is 13.4. The van der Waals surface area contributed by atoms with Crippen LogP contribution >= 0.6 is 23.2 Å². The maximum absolute atomic E-state index is 13.3. The molecule has 1 amide bonds. The average Bonchev–Trinajstić information content (AvgIpc) is 3.15. The molecule has 0 saturated carbocycles. The number of carbonyl (C=O) groups excluding carboxylic acids is 1. The second-order valence-electron chi connectivity index (χ2n) is 7.07. The van der Waals surface area contributed by atoms with Crippen molar-refractivity contribution in [3.63, 3.8) is 0 Å². The number of halogens is 2. The first-order valence-corrected chi connectivity index (χ1v) is 11.8. The number of rotatable bonds is 4. The summed E-state index contributed by atoms with van der Waals surface area (Å²) in [4.78, 5) is 14.9. The third-order valence-electron chi connectivity index (χ3n) is 5.19. The number of piperazine rings is 1. The SMILES string of the molecule is Cc1onc(-c2ccccc2Cl)c1C(=O)N1CCN(S(=O)(=O)c2ccccc2Cl)CC1. The quantitative estimate of drug-likeness (QED) is 0.562. The first-order chi connectivity index (χ1) is 14.8. The summed E-state index contributed by atoms with van der Waals surface area (Å²) in [6.07, 6.45) is 0. The highest BCUT2D eigenvalue weighted by molar-refractivity contribution is 7.89. The lowest BCUT2D eigenvalue weighted by atomic mass is 10.0. The molecule has 10 heteroatoms. The van der Waals surface area contributed by atoms with Crippen molar-refractivity contribution in [1.82, 2.24) is 14.4 Å². The molecule has 2 heterocycles. The molecular formula is C21H19Cl2N3O4S. The van der Waals surface area contributed by atoms with Crippen molar-refractivity contribution >= 4 is 39.1 Å². The van der Waals surface area contributed by atoms with Crippen LogP contribution in [0.3, 0.4) is 0 Å². The van der Waals surface area contributed by atoms with Gasteiger partial charge in [-0.15, -0.1) is 0 Å². The van der Waals surface area contributed by atoms with Crippen LogP contribution in [0.4, 0.5) is 0 Å². The Labute approximate surface area is 190 Å². The Morgan fingerprint density at radius 3 is 2.23 bits per heavy atom. The Balaban J connectivity index is 1.54. The Morgan fingerprint density at radius 2 is 1.58 bits per heavy atom. The number of carbonyl (C=O) groups is 1. The third-order valence-corrected chi connectivity index (χ3v) is 7.91. The van der Waals surface area contributed by atoms with Crippen LogP contribution < -0.4 is 0 Å². The van der Waals surface area contributed by atoms with E-state index in [0.29, 0.717) is 27.6 Å². The highest BCUT2D eigenvalue weighted by atomic mass is 35.5. The highest BCUT2D eigenvalue weighted by Gasteiger charge is 2.34. The Kier molecular flexibility index (Phi) is 6.07. The van der Waals surface area contributed by atoms with Gasteiger partial charge in [0.2, 0.25) is 10.0 Å². The van der Waals surface area contributed by atoms with Crippen molar-refractivity contribution in [2.75, 3.05) is 26.2 Å². The number of benzene rings is 2. The molecule has 1 aromatic heterocycles. The van der Waals surface area contributed by atoms with E-state index in [4.69, 9.17) is 27.7 Å². The summed E-state index contributed by atoms with van der Waals surface area (Å²) in [5.41, 5.74) is 1.30. The van der Waals surface area contributed by atoms with E-state index in [-0.39, 0.29) is 42.0 Å². The van der Waals surface area contributed by atoms with Crippen molar-refractivity contribution < 1.29 is 17.7 Å². The summed E-state index contributed by atoms with van der Waals surface area (Å²) in [5, 5.41) is 4.67. The largest absolute Gasteiger partial charge is 0.360 e. The van der Waals surface area contributed by atoms with E-state index in [2.05, 4.69) is 5.16 Å². The molecule has 4 rings (SSSR count). The van der Waals surface area contributed by atoms with Crippen LogP contribution in [-0.4, -0.2) is 54.9 Å². The summed E-state index contributed by atoms with van der Waals surface area (Å²) < 4.78 is 32.5. The lowest BCUT2D eigenvalue weighted by Crippen LogP contribution is -2.50. The minimum Gasteiger partial charge on any atom is -0.360 e. The number of hydrogen-bond acceptors (Lipinski definition) is 5. The van der Waals surface area contributed by atoms with Crippen molar-refractivity contribution in [1.29, 1.82) is 0 Å². The number of nitrogens with zero attached hydrogens (tertiary/aromatic N) is 3. The van der Waals surface area contributed by atoms with E-state index in [0.717, 1.165) is 0 Å². The maximum Gasteiger partial charge on any atom is 0.259 e. The Bertz CT molecular complexity index is 1230. The first-order valence-electron chi connectivity index (χ1n) is 9.56. The monoisotopic (exact) mass is 479 g/mol. The zero-order chi connectivity index (χ0) is 22.2. The van der Waals surface area contributed by atoms with Crippen LogP contribution in [0.2, 0.25) is 10.0 Å². The standard InChI is InChI=1S/C21H19Cl2N3O4S/c1-14-19(20(24-30-14)15-6-2-3-7-16(15)22)21(27)25-10-12-26(13-11-25)31(28,29)18-9-5-4-8-17(18)23/h2-9H,10-13H2,1H3. The molecular weight excluding hydrogens is 461 g/mol. The maximum atomic E-state index is 13.3. The lowest BCUT2D eigenvalue weighted by molar-refractivity contribution is 0.0696. The fourth-order valence-corrected chi connectivity index (χ4v) is 5.68. The van der Waals surface area contributed by atoms with Crippen LogP contribution in [-0.2, 0) is 10.0 Å². The van der Waals surface area contributed by atoms with Gasteiger partial charge in [0.15, 0.2) is 0 Å². The number of amides is 1. The summed E-state index contributed by atoms with van der Waals surface area (Å²) in [7, 11) is -3.75. The van der Waals surface area contributed by atoms with Crippen LogP contribution in [0.15, 0.2) is 57.9 Å². The smallest absolute Gasteiger partial charge is 0.259 e. The van der Waals surface area contributed by atoms with E-state index in [1.165, 1.54) is 10.4 Å². The predicted octanol–water partition coefficient (Wildman–Crippen LogP) is 4.10. The van der Waals surface area contributed by atoms with Crippen LogP contribution in [0.25, 0.3) is 11.3 Å². The topological polar surface area (TPSA) is 83.7 Å². The molecule has 1 saturated heterocycles. The summed E-state index contributed by atoms with van der Waals surface area (Å²) in [5.74, 6) is 0.106. The van der Waals surface area contributed by atoms with Crippen molar-refractivity contribution in [2.45, 2.75) is 11.8 Å². The average molecular weight is 480 g/mol. The van der Waals surface area contributed by atoms with Crippen molar-refractivity contribution in [3.05, 3.63) is 69.9 Å². The van der Waals surface area contributed by atoms with E-state index in [9.17, 15) is 13.2 Å². The van der Waals surface area contributed by atoms with Gasteiger partial charge in [0.1, 0.15) is 21.9 Å². The molecule has 7 nitrogen and oxygen atoms in total. The van der Waals surface area contributed by atoms with Gasteiger partial charge >= 0.3 is 0 Å². The van der Waals surface area contributed by atoms with E-state index in [1.54, 1.807) is 54.3 Å². The number of hydrogen-bond donors (Lipinski definition) is 0. The minimum absolute atomic E-state index is 0.0623. The van der Waals surface area contributed by atoms with Gasteiger partial charge in [0, 0.05) is 31.7 Å². The Hall–Kier alpha value is -2.39.